The fourth-order valence-corrected chi connectivity index (χ4v) is 5.54. The van der Waals surface area contributed by atoms with Gasteiger partial charge in [0.05, 0.1) is 28.1 Å². The minimum absolute atomic E-state index is 0.0833. The Kier molecular flexibility index (Phi) is 3.80. The van der Waals surface area contributed by atoms with E-state index in [1.165, 1.54) is 24.3 Å². The highest BCUT2D eigenvalue weighted by molar-refractivity contribution is 8.15. The van der Waals surface area contributed by atoms with Crippen LogP contribution in [0, 0.1) is 0 Å². The van der Waals surface area contributed by atoms with Crippen molar-refractivity contribution in [3.8, 4) is 0 Å². The monoisotopic (exact) mass is 429 g/mol. The van der Waals surface area contributed by atoms with E-state index in [0.717, 1.165) is 17.4 Å². The molecule has 0 saturated heterocycles. The molecule has 0 spiro atoms. The summed E-state index contributed by atoms with van der Waals surface area (Å²) < 4.78 is 27.1. The molecule has 0 unspecified atom stereocenters. The van der Waals surface area contributed by atoms with Crippen molar-refractivity contribution < 1.29 is 27.6 Å². The van der Waals surface area contributed by atoms with Gasteiger partial charge in [0.25, 0.3) is 21.8 Å². The van der Waals surface area contributed by atoms with E-state index in [0.29, 0.717) is 15.1 Å². The molecule has 3 aliphatic rings. The molecule has 9 nitrogen and oxygen atoms in total. The number of benzene rings is 2. The molecule has 3 heterocycles. The topological polar surface area (TPSA) is 113 Å². The molecule has 29 heavy (non-hydrogen) atoms. The fraction of sp³-hybridized carbons (Fsp3) is 0.111. The molecular formula is C18H11N3O6S2. The summed E-state index contributed by atoms with van der Waals surface area (Å²) >= 11 is 1.13. The predicted octanol–water partition coefficient (Wildman–Crippen LogP) is 1.67. The summed E-state index contributed by atoms with van der Waals surface area (Å²) in [6.07, 6.45) is 0. The van der Waals surface area contributed by atoms with Crippen molar-refractivity contribution in [2.45, 2.75) is 4.90 Å². The molecule has 0 bridgehead atoms. The zero-order chi connectivity index (χ0) is 20.3. The smallest absolute Gasteiger partial charge is 0.324 e. The lowest BCUT2D eigenvalue weighted by Crippen LogP contribution is -2.35. The van der Waals surface area contributed by atoms with Gasteiger partial charge in [-0.05, 0) is 42.1 Å². The third kappa shape index (κ3) is 2.81. The molecule has 0 fully saturated rings. The maximum atomic E-state index is 12.5. The Hall–Kier alpha value is -3.18. The Morgan fingerprint density at radius 3 is 2.45 bits per heavy atom. The van der Waals surface area contributed by atoms with Gasteiger partial charge in [0.2, 0.25) is 0 Å². The first kappa shape index (κ1) is 17.9. The average molecular weight is 429 g/mol. The number of hydrogen-bond donors (Lipinski definition) is 0. The maximum absolute atomic E-state index is 12.5. The van der Waals surface area contributed by atoms with E-state index in [2.05, 4.69) is 4.40 Å². The molecule has 2 aromatic carbocycles. The normalized spacial score (nSPS) is 18.8. The van der Waals surface area contributed by atoms with Crippen LogP contribution in [0.15, 0.2) is 51.8 Å². The molecule has 146 valence electrons. The number of carbonyl (C=O) groups is 3. The van der Waals surface area contributed by atoms with Crippen LogP contribution in [0.3, 0.4) is 0 Å². The quantitative estimate of drug-likeness (QED) is 0.663. The summed E-state index contributed by atoms with van der Waals surface area (Å²) in [7, 11) is -3.48. The fourth-order valence-electron chi connectivity index (χ4n) is 3.24. The van der Waals surface area contributed by atoms with Gasteiger partial charge in [-0.2, -0.15) is 0 Å². The molecular weight excluding hydrogens is 418 g/mol. The minimum atomic E-state index is -3.48. The lowest BCUT2D eigenvalue weighted by atomic mass is 10.1. The van der Waals surface area contributed by atoms with Crippen LogP contribution in [-0.2, 0) is 14.9 Å². The zero-order valence-electron chi connectivity index (χ0n) is 14.6. The number of hydroxylamine groups is 2. The van der Waals surface area contributed by atoms with Gasteiger partial charge >= 0.3 is 5.97 Å². The molecule has 0 radical (unpaired) electrons. The Morgan fingerprint density at radius 2 is 1.76 bits per heavy atom. The van der Waals surface area contributed by atoms with Crippen LogP contribution in [-0.4, -0.2) is 48.7 Å². The first-order chi connectivity index (χ1) is 13.8. The largest absolute Gasteiger partial charge is 0.363 e. The maximum Gasteiger partial charge on any atom is 0.363 e. The summed E-state index contributed by atoms with van der Waals surface area (Å²) in [4.78, 5) is 44.7. The Bertz CT molecular complexity index is 1220. The van der Waals surface area contributed by atoms with Crippen molar-refractivity contribution in [1.29, 1.82) is 0 Å². The standard InChI is InChI=1S/C18H11N3O6S2/c22-15-11-3-1-2-4-12(11)16(23)21(15)27-17(24)10-5-6-13-14(9-10)28-18-19-29(25,26)8-7-20(13)18/h1-6,9H,7-8H2. The SMILES string of the molecule is O=C(ON1C(=O)c2ccccc2C1=O)c1ccc2c(c1)SC1=NS(=O)(=O)CCN12. The number of thioether (sulfide) groups is 1. The number of fused-ring (bicyclic) bond motifs is 4. The van der Waals surface area contributed by atoms with Gasteiger partial charge in [0.15, 0.2) is 5.17 Å². The molecule has 2 aromatic rings. The van der Waals surface area contributed by atoms with Crippen LogP contribution in [0.2, 0.25) is 0 Å². The lowest BCUT2D eigenvalue weighted by molar-refractivity contribution is -0.0584. The van der Waals surface area contributed by atoms with Crippen LogP contribution >= 0.6 is 11.8 Å². The van der Waals surface area contributed by atoms with Gasteiger partial charge in [0.1, 0.15) is 0 Å². The lowest BCUT2D eigenvalue weighted by Gasteiger charge is -2.22. The zero-order valence-corrected chi connectivity index (χ0v) is 16.2. The minimum Gasteiger partial charge on any atom is -0.324 e. The number of sulfonamides is 1. The number of amidine groups is 1. The van der Waals surface area contributed by atoms with Gasteiger partial charge in [0, 0.05) is 11.4 Å². The van der Waals surface area contributed by atoms with E-state index in [9.17, 15) is 22.8 Å². The van der Waals surface area contributed by atoms with Gasteiger partial charge in [-0.25, -0.2) is 13.2 Å². The summed E-state index contributed by atoms with van der Waals surface area (Å²) in [6, 6.07) is 10.9. The van der Waals surface area contributed by atoms with Crippen LogP contribution in [0.1, 0.15) is 31.1 Å². The first-order valence-corrected chi connectivity index (χ1v) is 10.9. The predicted molar refractivity (Wildman–Crippen MR) is 103 cm³/mol. The Labute approximate surface area is 169 Å². The molecule has 3 aliphatic heterocycles. The van der Waals surface area contributed by atoms with E-state index in [-0.39, 0.29) is 29.0 Å². The second-order valence-electron chi connectivity index (χ2n) is 6.43. The highest BCUT2D eigenvalue weighted by Gasteiger charge is 2.39. The van der Waals surface area contributed by atoms with Crippen molar-refractivity contribution >= 4 is 50.4 Å². The summed E-state index contributed by atoms with van der Waals surface area (Å²) in [5.41, 5.74) is 1.20. The van der Waals surface area contributed by atoms with E-state index >= 15 is 0 Å². The van der Waals surface area contributed by atoms with Gasteiger partial charge in [-0.1, -0.05) is 17.2 Å². The number of nitrogens with zero attached hydrogens (tertiary/aromatic N) is 3. The molecule has 0 aromatic heterocycles. The highest BCUT2D eigenvalue weighted by Crippen LogP contribution is 2.42. The molecule has 2 amide bonds. The summed E-state index contributed by atoms with van der Waals surface area (Å²) in [5.74, 6) is -2.36. The average Bonchev–Trinajstić information content (AvgIpc) is 3.16. The Balaban J connectivity index is 1.40. The molecule has 0 N–H and O–H groups in total. The number of amides is 2. The Morgan fingerprint density at radius 1 is 1.07 bits per heavy atom. The summed E-state index contributed by atoms with van der Waals surface area (Å²) in [5, 5.41) is 0.782. The number of rotatable bonds is 2. The number of anilines is 1. The van der Waals surface area contributed by atoms with E-state index in [1.54, 1.807) is 23.1 Å². The molecule has 5 rings (SSSR count). The molecule has 0 atom stereocenters. The second-order valence-corrected chi connectivity index (χ2v) is 9.19. The van der Waals surface area contributed by atoms with Gasteiger partial charge in [-0.15, -0.1) is 4.40 Å². The molecule has 0 aliphatic carbocycles. The van der Waals surface area contributed by atoms with Gasteiger partial charge in [-0.3, -0.25) is 9.59 Å². The second kappa shape index (κ2) is 6.16. The van der Waals surface area contributed by atoms with Crippen LogP contribution in [0.25, 0.3) is 0 Å². The molecule has 11 heteroatoms. The first-order valence-electron chi connectivity index (χ1n) is 8.46. The third-order valence-corrected chi connectivity index (χ3v) is 6.95. The van der Waals surface area contributed by atoms with Crippen molar-refractivity contribution in [2.75, 3.05) is 17.2 Å². The van der Waals surface area contributed by atoms with Crippen LogP contribution < -0.4 is 4.90 Å². The third-order valence-electron chi connectivity index (χ3n) is 4.64. The van der Waals surface area contributed by atoms with Gasteiger partial charge < -0.3 is 9.74 Å². The summed E-state index contributed by atoms with van der Waals surface area (Å²) in [6.45, 7) is 0.278. The van der Waals surface area contributed by atoms with Crippen molar-refractivity contribution in [2.24, 2.45) is 4.40 Å². The van der Waals surface area contributed by atoms with E-state index < -0.39 is 27.8 Å². The number of carbonyl (C=O) groups excluding carboxylic acids is 3. The van der Waals surface area contributed by atoms with E-state index in [1.807, 2.05) is 0 Å². The molecule has 0 saturated carbocycles. The highest BCUT2D eigenvalue weighted by atomic mass is 32.2. The van der Waals surface area contributed by atoms with Crippen molar-refractivity contribution in [3.63, 3.8) is 0 Å². The van der Waals surface area contributed by atoms with Crippen molar-refractivity contribution in [1.82, 2.24) is 5.06 Å². The van der Waals surface area contributed by atoms with Crippen molar-refractivity contribution in [3.05, 3.63) is 59.2 Å². The van der Waals surface area contributed by atoms with Crippen LogP contribution in [0.5, 0.6) is 0 Å². The van der Waals surface area contributed by atoms with Crippen LogP contribution in [0.4, 0.5) is 5.69 Å². The van der Waals surface area contributed by atoms with E-state index in [4.69, 9.17) is 4.84 Å². The number of imide groups is 1. The number of hydrogen-bond acceptors (Lipinski definition) is 8.